The lowest BCUT2D eigenvalue weighted by molar-refractivity contribution is 0.271. The van der Waals surface area contributed by atoms with Gasteiger partial charge in [-0.1, -0.05) is 26.7 Å². The lowest BCUT2D eigenvalue weighted by atomic mass is 9.80. The maximum Gasteiger partial charge on any atom is 0.223 e. The molecule has 0 radical (unpaired) electrons. The van der Waals surface area contributed by atoms with Crippen molar-refractivity contribution in [2.24, 2.45) is 11.8 Å². The highest BCUT2D eigenvalue weighted by Crippen LogP contribution is 2.31. The normalized spacial score (nSPS) is 23.1. The van der Waals surface area contributed by atoms with Crippen molar-refractivity contribution in [1.82, 2.24) is 9.97 Å². The quantitative estimate of drug-likeness (QED) is 0.820. The van der Waals surface area contributed by atoms with Crippen LogP contribution in [0.5, 0.6) is 0 Å². The summed E-state index contributed by atoms with van der Waals surface area (Å²) in [5.41, 5.74) is 2.14. The predicted molar refractivity (Wildman–Crippen MR) is 85.5 cm³/mol. The number of nitrogens with one attached hydrogen (secondary N) is 1. The fraction of sp³-hybridized carbons (Fsp3) is 0.750. The zero-order chi connectivity index (χ0) is 14.5. The second-order valence-corrected chi connectivity index (χ2v) is 6.56. The van der Waals surface area contributed by atoms with Gasteiger partial charge in [-0.15, -0.1) is 11.6 Å². The number of hydrogen-bond donors (Lipinski definition) is 1. The van der Waals surface area contributed by atoms with E-state index in [0.29, 0.717) is 17.8 Å². The summed E-state index contributed by atoms with van der Waals surface area (Å²) in [6.45, 7) is 7.30. The largest absolute Gasteiger partial charge is 0.354 e. The summed E-state index contributed by atoms with van der Waals surface area (Å²) in [7, 11) is 0. The maximum absolute atomic E-state index is 6.09. The van der Waals surface area contributed by atoms with E-state index in [1.165, 1.54) is 25.7 Å². The Kier molecular flexibility index (Phi) is 5.64. The molecule has 0 aromatic carbocycles. The van der Waals surface area contributed by atoms with Crippen LogP contribution in [-0.2, 0) is 0 Å². The summed E-state index contributed by atoms with van der Waals surface area (Å²) in [6.07, 6.45) is 5.19. The minimum Gasteiger partial charge on any atom is -0.354 e. The van der Waals surface area contributed by atoms with Crippen molar-refractivity contribution in [1.29, 1.82) is 0 Å². The number of anilines is 1. The molecule has 0 bridgehead atoms. The molecule has 4 heteroatoms. The van der Waals surface area contributed by atoms with Crippen molar-refractivity contribution >= 4 is 17.5 Å². The first kappa shape index (κ1) is 15.6. The van der Waals surface area contributed by atoms with E-state index in [1.807, 2.05) is 6.92 Å². The standard InChI is InChI=1S/C16H26ClN3/c1-11(2)15-8-12(3)19-16(20-15)18-10-14-7-5-4-6-13(14)9-17/h8,11,13-14H,4-7,9-10H2,1-3H3,(H,18,19,20). The predicted octanol–water partition coefficient (Wildman–Crippen LogP) is 4.37. The molecule has 1 heterocycles. The van der Waals surface area contributed by atoms with E-state index in [0.717, 1.165) is 29.8 Å². The number of aryl methyl sites for hydroxylation is 1. The van der Waals surface area contributed by atoms with E-state index in [9.17, 15) is 0 Å². The molecule has 3 nitrogen and oxygen atoms in total. The van der Waals surface area contributed by atoms with E-state index in [-0.39, 0.29) is 0 Å². The Morgan fingerprint density at radius 3 is 2.60 bits per heavy atom. The molecule has 1 aromatic rings. The van der Waals surface area contributed by atoms with Crippen LogP contribution < -0.4 is 5.32 Å². The molecule has 112 valence electrons. The minimum absolute atomic E-state index is 0.433. The first-order chi connectivity index (χ1) is 9.60. The van der Waals surface area contributed by atoms with Crippen molar-refractivity contribution in [3.63, 3.8) is 0 Å². The van der Waals surface area contributed by atoms with Crippen LogP contribution in [0.2, 0.25) is 0 Å². The van der Waals surface area contributed by atoms with Gasteiger partial charge in [-0.05, 0) is 43.6 Å². The van der Waals surface area contributed by atoms with Crippen molar-refractivity contribution in [3.05, 3.63) is 17.5 Å². The summed E-state index contributed by atoms with van der Waals surface area (Å²) in [4.78, 5) is 9.11. The number of alkyl halides is 1. The Morgan fingerprint density at radius 2 is 1.95 bits per heavy atom. The molecule has 0 amide bonds. The highest BCUT2D eigenvalue weighted by atomic mass is 35.5. The zero-order valence-electron chi connectivity index (χ0n) is 12.8. The molecule has 2 unspecified atom stereocenters. The first-order valence-electron chi connectivity index (χ1n) is 7.75. The average Bonchev–Trinajstić information content (AvgIpc) is 2.44. The molecule has 1 saturated carbocycles. The number of rotatable bonds is 5. The van der Waals surface area contributed by atoms with Gasteiger partial charge in [0.15, 0.2) is 0 Å². The van der Waals surface area contributed by atoms with Gasteiger partial charge in [0.05, 0.1) is 0 Å². The monoisotopic (exact) mass is 295 g/mol. The molecule has 0 aliphatic heterocycles. The number of halogens is 1. The average molecular weight is 296 g/mol. The van der Waals surface area contributed by atoms with Gasteiger partial charge in [-0.2, -0.15) is 0 Å². The molecule has 1 aliphatic carbocycles. The third-order valence-corrected chi connectivity index (χ3v) is 4.65. The first-order valence-corrected chi connectivity index (χ1v) is 8.29. The number of hydrogen-bond acceptors (Lipinski definition) is 3. The molecule has 0 spiro atoms. The van der Waals surface area contributed by atoms with Gasteiger partial charge in [0.25, 0.3) is 0 Å². The highest BCUT2D eigenvalue weighted by Gasteiger charge is 2.24. The Labute approximate surface area is 127 Å². The van der Waals surface area contributed by atoms with Crippen LogP contribution in [0.15, 0.2) is 6.07 Å². The summed E-state index contributed by atoms with van der Waals surface area (Å²) in [6, 6.07) is 2.07. The topological polar surface area (TPSA) is 37.8 Å². The summed E-state index contributed by atoms with van der Waals surface area (Å²) < 4.78 is 0. The molecular weight excluding hydrogens is 270 g/mol. The van der Waals surface area contributed by atoms with Crippen LogP contribution in [0.1, 0.15) is 56.8 Å². The fourth-order valence-corrected chi connectivity index (χ4v) is 3.35. The second-order valence-electron chi connectivity index (χ2n) is 6.25. The molecular formula is C16H26ClN3. The molecule has 2 atom stereocenters. The van der Waals surface area contributed by atoms with Crippen molar-refractivity contribution in [2.75, 3.05) is 17.7 Å². The van der Waals surface area contributed by atoms with Crippen molar-refractivity contribution in [2.45, 2.75) is 52.4 Å². The Balaban J connectivity index is 1.99. The van der Waals surface area contributed by atoms with Crippen LogP contribution in [0.3, 0.4) is 0 Å². The van der Waals surface area contributed by atoms with E-state index in [4.69, 9.17) is 11.6 Å². The highest BCUT2D eigenvalue weighted by molar-refractivity contribution is 6.18. The van der Waals surface area contributed by atoms with Crippen molar-refractivity contribution in [3.8, 4) is 0 Å². The lowest BCUT2D eigenvalue weighted by Gasteiger charge is -2.30. The van der Waals surface area contributed by atoms with Gasteiger partial charge in [0.2, 0.25) is 5.95 Å². The van der Waals surface area contributed by atoms with E-state index >= 15 is 0 Å². The van der Waals surface area contributed by atoms with Gasteiger partial charge in [0.1, 0.15) is 0 Å². The Morgan fingerprint density at radius 1 is 1.25 bits per heavy atom. The van der Waals surface area contributed by atoms with E-state index in [1.54, 1.807) is 0 Å². The molecule has 1 aromatic heterocycles. The van der Waals surface area contributed by atoms with E-state index in [2.05, 4.69) is 35.2 Å². The molecule has 1 fully saturated rings. The van der Waals surface area contributed by atoms with Gasteiger partial charge in [-0.25, -0.2) is 9.97 Å². The SMILES string of the molecule is Cc1cc(C(C)C)nc(NCC2CCCCC2CCl)n1. The van der Waals surface area contributed by atoms with Gasteiger partial charge >= 0.3 is 0 Å². The molecule has 20 heavy (non-hydrogen) atoms. The molecule has 1 aliphatic rings. The third kappa shape index (κ3) is 4.08. The Hall–Kier alpha value is -0.830. The minimum atomic E-state index is 0.433. The van der Waals surface area contributed by atoms with Crippen molar-refractivity contribution < 1.29 is 0 Å². The van der Waals surface area contributed by atoms with Crippen LogP contribution in [0.25, 0.3) is 0 Å². The molecule has 2 rings (SSSR count). The smallest absolute Gasteiger partial charge is 0.223 e. The second kappa shape index (κ2) is 7.26. The van der Waals surface area contributed by atoms with E-state index < -0.39 is 0 Å². The number of nitrogens with zero attached hydrogens (tertiary/aromatic N) is 2. The third-order valence-electron chi connectivity index (χ3n) is 4.25. The zero-order valence-corrected chi connectivity index (χ0v) is 13.6. The molecule has 1 N–H and O–H groups in total. The van der Waals surface area contributed by atoms with Gasteiger partial charge in [0, 0.05) is 23.8 Å². The fourth-order valence-electron chi connectivity index (χ4n) is 2.95. The summed E-state index contributed by atoms with van der Waals surface area (Å²) >= 11 is 6.09. The Bertz CT molecular complexity index is 434. The maximum atomic E-state index is 6.09. The van der Waals surface area contributed by atoms with Crippen LogP contribution in [0, 0.1) is 18.8 Å². The van der Waals surface area contributed by atoms with Crippen LogP contribution in [-0.4, -0.2) is 22.4 Å². The molecule has 0 saturated heterocycles. The summed E-state index contributed by atoms with van der Waals surface area (Å²) in [5.74, 6) is 3.29. The van der Waals surface area contributed by atoms with Crippen LogP contribution in [0.4, 0.5) is 5.95 Å². The van der Waals surface area contributed by atoms with Gasteiger partial charge in [-0.3, -0.25) is 0 Å². The summed E-state index contributed by atoms with van der Waals surface area (Å²) in [5, 5.41) is 3.43. The van der Waals surface area contributed by atoms with Crippen LogP contribution >= 0.6 is 11.6 Å². The van der Waals surface area contributed by atoms with Gasteiger partial charge < -0.3 is 5.32 Å². The number of aromatic nitrogens is 2. The lowest BCUT2D eigenvalue weighted by Crippen LogP contribution is -2.28.